The van der Waals surface area contributed by atoms with Gasteiger partial charge in [0.25, 0.3) is 5.91 Å². The van der Waals surface area contributed by atoms with E-state index in [4.69, 9.17) is 0 Å². The molecule has 1 atom stereocenters. The Balaban J connectivity index is 2.89. The van der Waals surface area contributed by atoms with Crippen molar-refractivity contribution in [1.29, 1.82) is 0 Å². The third-order valence-corrected chi connectivity index (χ3v) is 4.22. The van der Waals surface area contributed by atoms with E-state index in [1.807, 2.05) is 0 Å². The van der Waals surface area contributed by atoms with Crippen molar-refractivity contribution in [3.8, 4) is 0 Å². The molecule has 1 unspecified atom stereocenters. The minimum atomic E-state index is -6.64. The average molecular weight is 434 g/mol. The van der Waals surface area contributed by atoms with Crippen LogP contribution in [-0.4, -0.2) is 47.9 Å². The highest BCUT2D eigenvalue weighted by molar-refractivity contribution is 7.98. The van der Waals surface area contributed by atoms with Gasteiger partial charge in [0.05, 0.1) is 0 Å². The van der Waals surface area contributed by atoms with Crippen molar-refractivity contribution in [1.82, 2.24) is 10.6 Å². The molecule has 0 spiro atoms. The van der Waals surface area contributed by atoms with Gasteiger partial charge in [0, 0.05) is 6.54 Å². The van der Waals surface area contributed by atoms with Crippen molar-refractivity contribution in [3.63, 3.8) is 0 Å². The Hall–Kier alpha value is -1.98. The average Bonchev–Trinajstić information content (AvgIpc) is 2.62. The monoisotopic (exact) mass is 434 g/mol. The van der Waals surface area contributed by atoms with Crippen LogP contribution in [0.25, 0.3) is 0 Å². The van der Waals surface area contributed by atoms with Crippen molar-refractivity contribution in [2.45, 2.75) is 37.0 Å². The number of nitrogens with one attached hydrogen (secondary N) is 2. The lowest BCUT2D eigenvalue weighted by Crippen LogP contribution is -2.62. The first-order valence-electron chi connectivity index (χ1n) is 7.78. The Morgan fingerprint density at radius 2 is 1.61 bits per heavy atom. The van der Waals surface area contributed by atoms with Crippen LogP contribution in [0, 0.1) is 0 Å². The second-order valence-corrected chi connectivity index (χ2v) is 6.64. The van der Waals surface area contributed by atoms with E-state index in [0.717, 1.165) is 11.8 Å². The van der Waals surface area contributed by atoms with Gasteiger partial charge in [-0.15, -0.1) is 0 Å². The normalized spacial score (nSPS) is 13.7. The fraction of sp³-hybridized carbons (Fsp3) is 0.500. The first kappa shape index (κ1) is 24.1. The van der Waals surface area contributed by atoms with Gasteiger partial charge >= 0.3 is 18.0 Å². The van der Waals surface area contributed by atoms with Crippen LogP contribution in [0.5, 0.6) is 0 Å². The van der Waals surface area contributed by atoms with Gasteiger partial charge in [0.15, 0.2) is 0 Å². The van der Waals surface area contributed by atoms with Gasteiger partial charge in [-0.1, -0.05) is 30.3 Å². The van der Waals surface area contributed by atoms with E-state index in [2.05, 4.69) is 5.32 Å². The molecule has 4 nitrogen and oxygen atoms in total. The van der Waals surface area contributed by atoms with Crippen LogP contribution in [-0.2, 0) is 16.1 Å². The molecule has 0 aromatic heterocycles. The van der Waals surface area contributed by atoms with Gasteiger partial charge in [-0.25, -0.2) is 0 Å². The molecule has 158 valence electrons. The summed E-state index contributed by atoms with van der Waals surface area (Å²) in [5.41, 5.74) is 0.625. The van der Waals surface area contributed by atoms with E-state index in [0.29, 0.717) is 5.56 Å². The highest BCUT2D eigenvalue weighted by Crippen LogP contribution is 2.46. The van der Waals surface area contributed by atoms with Crippen LogP contribution in [0.4, 0.5) is 30.7 Å². The molecular formula is C16H17F7N2O2S. The maximum Gasteiger partial charge on any atom is 0.460 e. The molecule has 0 aliphatic carbocycles. The summed E-state index contributed by atoms with van der Waals surface area (Å²) in [4.78, 5) is 23.6. The van der Waals surface area contributed by atoms with Gasteiger partial charge in [0.2, 0.25) is 5.91 Å². The van der Waals surface area contributed by atoms with Crippen molar-refractivity contribution < 1.29 is 40.3 Å². The Morgan fingerprint density at radius 3 is 2.11 bits per heavy atom. The van der Waals surface area contributed by atoms with Crippen LogP contribution in [0.2, 0.25) is 0 Å². The molecule has 2 N–H and O–H groups in total. The zero-order chi connectivity index (χ0) is 21.6. The number of carbonyl (C=O) groups excluding carboxylic acids is 2. The van der Waals surface area contributed by atoms with Crippen molar-refractivity contribution in [2.75, 3.05) is 12.0 Å². The molecule has 0 aliphatic heterocycles. The molecule has 2 amide bonds. The second-order valence-electron chi connectivity index (χ2n) is 5.66. The van der Waals surface area contributed by atoms with E-state index < -0.39 is 35.9 Å². The highest BCUT2D eigenvalue weighted by atomic mass is 32.2. The van der Waals surface area contributed by atoms with E-state index in [9.17, 15) is 40.3 Å². The Kier molecular flexibility index (Phi) is 8.15. The highest BCUT2D eigenvalue weighted by Gasteiger charge is 2.76. The van der Waals surface area contributed by atoms with Gasteiger partial charge in [-0.3, -0.25) is 9.59 Å². The Labute approximate surface area is 160 Å². The number of carbonyl (C=O) groups is 2. The van der Waals surface area contributed by atoms with Crippen LogP contribution in [0.15, 0.2) is 30.3 Å². The van der Waals surface area contributed by atoms with Crippen LogP contribution in [0.1, 0.15) is 12.0 Å². The largest absolute Gasteiger partial charge is 0.460 e. The minimum Gasteiger partial charge on any atom is -0.350 e. The summed E-state index contributed by atoms with van der Waals surface area (Å²) in [5, 5.41) is 3.63. The third kappa shape index (κ3) is 5.76. The third-order valence-electron chi connectivity index (χ3n) is 3.58. The predicted octanol–water partition coefficient (Wildman–Crippen LogP) is 3.37. The number of amides is 2. The lowest BCUT2D eigenvalue weighted by Gasteiger charge is -2.28. The maximum atomic E-state index is 13.5. The first-order valence-corrected chi connectivity index (χ1v) is 9.18. The quantitative estimate of drug-likeness (QED) is 0.586. The van der Waals surface area contributed by atoms with E-state index >= 15 is 0 Å². The summed E-state index contributed by atoms with van der Waals surface area (Å²) in [5.74, 6) is -16.4. The molecule has 0 saturated heterocycles. The summed E-state index contributed by atoms with van der Waals surface area (Å²) in [7, 11) is 0. The molecule has 0 saturated carbocycles. The molecular weight excluding hydrogens is 417 g/mol. The number of thioether (sulfide) groups is 1. The number of benzene rings is 1. The van der Waals surface area contributed by atoms with E-state index in [1.165, 1.54) is 5.32 Å². The summed E-state index contributed by atoms with van der Waals surface area (Å²) in [6.45, 7) is -0.0551. The summed E-state index contributed by atoms with van der Waals surface area (Å²) in [6, 6.07) is 6.58. The fourth-order valence-corrected chi connectivity index (χ4v) is 2.45. The van der Waals surface area contributed by atoms with Crippen molar-refractivity contribution in [3.05, 3.63) is 35.9 Å². The maximum absolute atomic E-state index is 13.5. The fourth-order valence-electron chi connectivity index (χ4n) is 1.98. The SMILES string of the molecule is CSCCC(NC(=O)C(F)(F)C(F)(F)C(F)(F)F)C(=O)NCc1ccccc1. The smallest absolute Gasteiger partial charge is 0.350 e. The number of hydrogen-bond acceptors (Lipinski definition) is 3. The molecule has 1 rings (SSSR count). The molecule has 0 fully saturated rings. The Bertz CT molecular complexity index is 669. The Morgan fingerprint density at radius 1 is 1.04 bits per heavy atom. The molecule has 0 aliphatic rings. The minimum absolute atomic E-state index is 0.0551. The second kappa shape index (κ2) is 9.48. The van der Waals surface area contributed by atoms with Crippen LogP contribution >= 0.6 is 11.8 Å². The molecule has 12 heteroatoms. The molecule has 1 aromatic rings. The van der Waals surface area contributed by atoms with Gasteiger partial charge in [-0.05, 0) is 24.0 Å². The van der Waals surface area contributed by atoms with Gasteiger partial charge in [0.1, 0.15) is 6.04 Å². The van der Waals surface area contributed by atoms with Crippen LogP contribution in [0.3, 0.4) is 0 Å². The van der Waals surface area contributed by atoms with Crippen LogP contribution < -0.4 is 10.6 Å². The summed E-state index contributed by atoms with van der Waals surface area (Å²) >= 11 is 1.16. The molecule has 0 radical (unpaired) electrons. The number of hydrogen-bond donors (Lipinski definition) is 2. The molecule has 1 aromatic carbocycles. The molecule has 28 heavy (non-hydrogen) atoms. The molecule has 0 bridgehead atoms. The summed E-state index contributed by atoms with van der Waals surface area (Å²) < 4.78 is 89.5. The van der Waals surface area contributed by atoms with Crippen molar-refractivity contribution >= 4 is 23.6 Å². The molecule has 0 heterocycles. The zero-order valence-electron chi connectivity index (χ0n) is 14.5. The predicted molar refractivity (Wildman–Crippen MR) is 89.2 cm³/mol. The standard InChI is InChI=1S/C16H17F7N2O2S/c1-28-8-7-11(12(26)24-9-10-5-3-2-4-6-10)25-13(27)14(17,18)15(19,20)16(21,22)23/h2-6,11H,7-9H2,1H3,(H,24,26)(H,25,27). The van der Waals surface area contributed by atoms with Gasteiger partial charge < -0.3 is 10.6 Å². The topological polar surface area (TPSA) is 58.2 Å². The lowest BCUT2D eigenvalue weighted by molar-refractivity contribution is -0.344. The number of alkyl halides is 7. The lowest BCUT2D eigenvalue weighted by atomic mass is 10.1. The van der Waals surface area contributed by atoms with E-state index in [-0.39, 0.29) is 18.7 Å². The summed E-state index contributed by atoms with van der Waals surface area (Å²) in [6.07, 6.45) is -5.30. The zero-order valence-corrected chi connectivity index (χ0v) is 15.3. The van der Waals surface area contributed by atoms with Gasteiger partial charge in [-0.2, -0.15) is 42.5 Å². The first-order chi connectivity index (χ1) is 12.8. The number of rotatable bonds is 9. The van der Waals surface area contributed by atoms with Crippen molar-refractivity contribution in [2.24, 2.45) is 0 Å². The van der Waals surface area contributed by atoms with E-state index in [1.54, 1.807) is 36.6 Å². The number of halogens is 7.